The quantitative estimate of drug-likeness (QED) is 0.593. The Morgan fingerprint density at radius 3 is 2.71 bits per heavy atom. The standard InChI is InChI=1S/C9H14F3N3O2/c10-9(11,12)2-1-3-13-8(17)6-4-15-7(16)5-14-6/h6,14H,1-5H2,(H,13,17)(H,15,16). The number of carbonyl (C=O) groups is 2. The molecule has 0 aromatic carbocycles. The number of hydrogen-bond acceptors (Lipinski definition) is 3. The molecule has 5 nitrogen and oxygen atoms in total. The Labute approximate surface area is 96.1 Å². The first-order valence-electron chi connectivity index (χ1n) is 5.23. The van der Waals surface area contributed by atoms with Gasteiger partial charge in [0.05, 0.1) is 6.54 Å². The van der Waals surface area contributed by atoms with Gasteiger partial charge in [-0.15, -0.1) is 0 Å². The molecule has 1 fully saturated rings. The van der Waals surface area contributed by atoms with Crippen molar-refractivity contribution in [2.45, 2.75) is 25.1 Å². The van der Waals surface area contributed by atoms with Crippen LogP contribution in [0.5, 0.6) is 0 Å². The minimum absolute atomic E-state index is 0.0233. The highest BCUT2D eigenvalue weighted by Crippen LogP contribution is 2.20. The fraction of sp³-hybridized carbons (Fsp3) is 0.778. The third-order valence-electron chi connectivity index (χ3n) is 2.27. The molecular formula is C9H14F3N3O2. The smallest absolute Gasteiger partial charge is 0.355 e. The number of piperazine rings is 1. The molecule has 1 aliphatic heterocycles. The molecular weight excluding hydrogens is 239 g/mol. The number of nitrogens with one attached hydrogen (secondary N) is 3. The second-order valence-electron chi connectivity index (χ2n) is 3.75. The summed E-state index contributed by atoms with van der Waals surface area (Å²) in [6.45, 7) is 0.176. The summed E-state index contributed by atoms with van der Waals surface area (Å²) in [5.74, 6) is -0.599. The maximum Gasteiger partial charge on any atom is 0.389 e. The molecule has 1 unspecified atom stereocenters. The lowest BCUT2D eigenvalue weighted by Gasteiger charge is -2.23. The van der Waals surface area contributed by atoms with Crippen molar-refractivity contribution < 1.29 is 22.8 Å². The summed E-state index contributed by atoms with van der Waals surface area (Å²) in [4.78, 5) is 22.2. The molecule has 0 radical (unpaired) electrons. The molecule has 3 N–H and O–H groups in total. The molecule has 2 amide bonds. The lowest BCUT2D eigenvalue weighted by atomic mass is 10.2. The topological polar surface area (TPSA) is 70.2 Å². The fourth-order valence-corrected chi connectivity index (χ4v) is 1.38. The highest BCUT2D eigenvalue weighted by Gasteiger charge is 2.27. The van der Waals surface area contributed by atoms with Crippen LogP contribution < -0.4 is 16.0 Å². The SMILES string of the molecule is O=C1CNC(C(=O)NCCCC(F)(F)F)CN1. The monoisotopic (exact) mass is 253 g/mol. The number of halogens is 3. The van der Waals surface area contributed by atoms with Gasteiger partial charge in [-0.2, -0.15) is 13.2 Å². The van der Waals surface area contributed by atoms with Crippen LogP contribution in [0.2, 0.25) is 0 Å². The number of alkyl halides is 3. The van der Waals surface area contributed by atoms with E-state index in [4.69, 9.17) is 0 Å². The Morgan fingerprint density at radius 1 is 1.47 bits per heavy atom. The van der Waals surface area contributed by atoms with Crippen molar-refractivity contribution in [2.75, 3.05) is 19.6 Å². The van der Waals surface area contributed by atoms with Crippen LogP contribution in [0.3, 0.4) is 0 Å². The number of carbonyl (C=O) groups excluding carboxylic acids is 2. The number of amides is 2. The van der Waals surface area contributed by atoms with Gasteiger partial charge in [0, 0.05) is 19.5 Å². The van der Waals surface area contributed by atoms with E-state index in [-0.39, 0.29) is 32.0 Å². The first kappa shape index (κ1) is 13.8. The molecule has 1 rings (SSSR count). The number of hydrogen-bond donors (Lipinski definition) is 3. The van der Waals surface area contributed by atoms with E-state index in [1.807, 2.05) is 0 Å². The first-order chi connectivity index (χ1) is 7.88. The van der Waals surface area contributed by atoms with Gasteiger partial charge in [-0.05, 0) is 6.42 Å². The molecule has 0 bridgehead atoms. The molecule has 98 valence electrons. The molecule has 1 atom stereocenters. The second kappa shape index (κ2) is 5.85. The van der Waals surface area contributed by atoms with E-state index in [1.54, 1.807) is 0 Å². The Morgan fingerprint density at radius 2 is 2.18 bits per heavy atom. The van der Waals surface area contributed by atoms with E-state index < -0.39 is 24.5 Å². The Bertz CT molecular complexity index is 284. The van der Waals surface area contributed by atoms with Crippen molar-refractivity contribution in [1.82, 2.24) is 16.0 Å². The predicted molar refractivity (Wildman–Crippen MR) is 53.1 cm³/mol. The van der Waals surface area contributed by atoms with Crippen LogP contribution in [0.1, 0.15) is 12.8 Å². The molecule has 17 heavy (non-hydrogen) atoms. The zero-order valence-electron chi connectivity index (χ0n) is 9.06. The van der Waals surface area contributed by atoms with Gasteiger partial charge in [-0.3, -0.25) is 14.9 Å². The summed E-state index contributed by atoms with van der Waals surface area (Å²) in [7, 11) is 0. The van der Waals surface area contributed by atoms with Crippen LogP contribution in [-0.2, 0) is 9.59 Å². The predicted octanol–water partition coefficient (Wildman–Crippen LogP) is -0.467. The van der Waals surface area contributed by atoms with E-state index in [0.29, 0.717) is 0 Å². The summed E-state index contributed by atoms with van der Waals surface area (Å²) in [5.41, 5.74) is 0. The van der Waals surface area contributed by atoms with Crippen LogP contribution in [0.25, 0.3) is 0 Å². The normalized spacial score (nSPS) is 20.9. The zero-order chi connectivity index (χ0) is 12.9. The third kappa shape index (κ3) is 5.53. The van der Waals surface area contributed by atoms with Crippen molar-refractivity contribution in [3.63, 3.8) is 0 Å². The van der Waals surface area contributed by atoms with Gasteiger partial charge in [-0.1, -0.05) is 0 Å². The molecule has 0 aromatic rings. The van der Waals surface area contributed by atoms with Crippen LogP contribution in [-0.4, -0.2) is 43.7 Å². The maximum atomic E-state index is 11.8. The molecule has 0 spiro atoms. The van der Waals surface area contributed by atoms with Crippen LogP contribution >= 0.6 is 0 Å². The third-order valence-corrected chi connectivity index (χ3v) is 2.27. The minimum Gasteiger partial charge on any atom is -0.355 e. The molecule has 0 aromatic heterocycles. The number of rotatable bonds is 4. The van der Waals surface area contributed by atoms with Gasteiger partial charge >= 0.3 is 6.18 Å². The summed E-state index contributed by atoms with van der Waals surface area (Å²) in [6.07, 6.45) is -5.25. The van der Waals surface area contributed by atoms with Crippen molar-refractivity contribution >= 4 is 11.8 Å². The van der Waals surface area contributed by atoms with Gasteiger partial charge in [0.15, 0.2) is 0 Å². The summed E-state index contributed by atoms with van der Waals surface area (Å²) >= 11 is 0. The van der Waals surface area contributed by atoms with E-state index in [2.05, 4.69) is 16.0 Å². The second-order valence-corrected chi connectivity index (χ2v) is 3.75. The highest BCUT2D eigenvalue weighted by molar-refractivity contribution is 5.86. The Kier molecular flexibility index (Phi) is 4.73. The van der Waals surface area contributed by atoms with Crippen LogP contribution in [0.15, 0.2) is 0 Å². The Hall–Kier alpha value is -1.31. The Balaban J connectivity index is 2.15. The summed E-state index contributed by atoms with van der Waals surface area (Å²) < 4.78 is 35.4. The lowest BCUT2D eigenvalue weighted by molar-refractivity contribution is -0.136. The van der Waals surface area contributed by atoms with E-state index in [1.165, 1.54) is 0 Å². The first-order valence-corrected chi connectivity index (χ1v) is 5.23. The van der Waals surface area contributed by atoms with E-state index in [0.717, 1.165) is 0 Å². The van der Waals surface area contributed by atoms with Crippen molar-refractivity contribution in [2.24, 2.45) is 0 Å². The van der Waals surface area contributed by atoms with Gasteiger partial charge in [-0.25, -0.2) is 0 Å². The molecule has 1 heterocycles. The zero-order valence-corrected chi connectivity index (χ0v) is 9.06. The van der Waals surface area contributed by atoms with Gasteiger partial charge in [0.25, 0.3) is 0 Å². The average Bonchev–Trinajstić information content (AvgIpc) is 2.24. The molecule has 1 aliphatic rings. The van der Waals surface area contributed by atoms with Crippen LogP contribution in [0.4, 0.5) is 13.2 Å². The highest BCUT2D eigenvalue weighted by atomic mass is 19.4. The fourth-order valence-electron chi connectivity index (χ4n) is 1.38. The molecule has 8 heteroatoms. The van der Waals surface area contributed by atoms with Crippen molar-refractivity contribution in [3.8, 4) is 0 Å². The molecule has 1 saturated heterocycles. The van der Waals surface area contributed by atoms with Gasteiger partial charge < -0.3 is 10.6 Å². The molecule has 0 aliphatic carbocycles. The van der Waals surface area contributed by atoms with E-state index >= 15 is 0 Å². The summed E-state index contributed by atoms with van der Waals surface area (Å²) in [5, 5.41) is 7.55. The largest absolute Gasteiger partial charge is 0.389 e. The van der Waals surface area contributed by atoms with Crippen molar-refractivity contribution in [1.29, 1.82) is 0 Å². The minimum atomic E-state index is -4.19. The lowest BCUT2D eigenvalue weighted by Crippen LogP contribution is -2.58. The van der Waals surface area contributed by atoms with Crippen molar-refractivity contribution in [3.05, 3.63) is 0 Å². The van der Waals surface area contributed by atoms with Gasteiger partial charge in [0.1, 0.15) is 6.04 Å². The van der Waals surface area contributed by atoms with Crippen LogP contribution in [0, 0.1) is 0 Å². The maximum absolute atomic E-state index is 11.8. The summed E-state index contributed by atoms with van der Waals surface area (Å²) in [6, 6.07) is -0.571. The van der Waals surface area contributed by atoms with E-state index in [9.17, 15) is 22.8 Å². The average molecular weight is 253 g/mol. The van der Waals surface area contributed by atoms with Gasteiger partial charge in [0.2, 0.25) is 11.8 Å². The molecule has 0 saturated carbocycles.